The van der Waals surface area contributed by atoms with Crippen molar-refractivity contribution >= 4 is 148 Å². The number of carboxylic acids is 4. The predicted molar refractivity (Wildman–Crippen MR) is 510 cm³/mol. The first-order valence-electron chi connectivity index (χ1n) is 45.6. The van der Waals surface area contributed by atoms with E-state index in [1.165, 1.54) is 75.5 Å². The van der Waals surface area contributed by atoms with Gasteiger partial charge in [0, 0.05) is 32.2 Å². The molecule has 49 nitrogen and oxygen atoms in total. The molecule has 0 aliphatic carbocycles. The summed E-state index contributed by atoms with van der Waals surface area (Å²) in [6.45, 7) is 7.93. The Bertz CT molecular complexity index is 4390. The SMILES string of the molecule is CC[C@H](C)[C@H](NC(=O)[C@H](CC(C)C)NC(=O)[C@H](CC(=O)O)NC(=O)[C@H](CO)NC(=O)[C@@H](NC(=O)[C@H](CCCNC(=N)N)NC(=O)[C@H](CCSC)NC(=O)[C@H](CO)NC(=O)[C@H](C)NC(=O)[C@@H](N)CCC(=O)O)C(C)C)C(=O)N[C@@H](Cc1ccc(O)cc1)C(=O)N[C@@H](CCC(=O)O)C(=O)N[C@@H](Cc1ccccc1)C(=O)N[C@@H](CCSC)C(=O)N[C@@H](CCCCN)C(=O)N[C@@H](CCCCN)C(=O)NCC(=O)O. The van der Waals surface area contributed by atoms with E-state index in [9.17, 15) is 117 Å². The third kappa shape index (κ3) is 48.0. The van der Waals surface area contributed by atoms with Gasteiger partial charge in [-0.05, 0) is 169 Å². The third-order valence-electron chi connectivity index (χ3n) is 21.7. The molecule has 0 radical (unpaired) electrons. The molecule has 0 heterocycles. The Morgan fingerprint density at radius 2 is 0.741 bits per heavy atom. The summed E-state index contributed by atoms with van der Waals surface area (Å²) in [5.41, 5.74) is 23.4. The first-order valence-corrected chi connectivity index (χ1v) is 48.4. The van der Waals surface area contributed by atoms with E-state index in [0.29, 0.717) is 31.2 Å². The molecule has 0 aliphatic heterocycles. The maximum Gasteiger partial charge on any atom is 0.322 e. The Balaban J connectivity index is 2.62. The minimum absolute atomic E-state index is 0.00829. The van der Waals surface area contributed by atoms with Crippen molar-refractivity contribution in [2.75, 3.05) is 63.4 Å². The number of nitrogens with one attached hydrogen (secondary N) is 18. The highest BCUT2D eigenvalue weighted by atomic mass is 32.2. The summed E-state index contributed by atoms with van der Waals surface area (Å²) in [5, 5.41) is 119. The van der Waals surface area contributed by atoms with Crippen LogP contribution in [0.2, 0.25) is 0 Å². The molecule has 0 aromatic heterocycles. The van der Waals surface area contributed by atoms with Gasteiger partial charge in [0.1, 0.15) is 103 Å². The zero-order valence-corrected chi connectivity index (χ0v) is 81.3. The monoisotopic (exact) mass is 2000 g/mol. The maximum absolute atomic E-state index is 15.1. The van der Waals surface area contributed by atoms with E-state index < -0.39 is 291 Å². The van der Waals surface area contributed by atoms with E-state index >= 15 is 9.59 Å². The topological polar surface area (TPSA) is 815 Å². The van der Waals surface area contributed by atoms with Gasteiger partial charge in [-0.3, -0.25) is 101 Å². The number of unbranched alkanes of at least 4 members (excludes halogenated alkanes) is 2. The van der Waals surface area contributed by atoms with Crippen molar-refractivity contribution < 1.29 is 132 Å². The largest absolute Gasteiger partial charge is 0.508 e. The lowest BCUT2D eigenvalue weighted by Crippen LogP contribution is -2.62. The number of aromatic hydroxyl groups is 1. The number of aliphatic hydroxyl groups is 2. The molecule has 0 aliphatic rings. The third-order valence-corrected chi connectivity index (χ3v) is 23.0. The van der Waals surface area contributed by atoms with E-state index in [1.54, 1.807) is 63.6 Å². The fraction of sp³-hybridized carbons (Fsp3) is 0.625. The number of hydrogen-bond donors (Lipinski definition) is 29. The summed E-state index contributed by atoms with van der Waals surface area (Å²) in [7, 11) is 0. The fourth-order valence-electron chi connectivity index (χ4n) is 13.6. The zero-order chi connectivity index (χ0) is 105. The smallest absolute Gasteiger partial charge is 0.322 e. The summed E-state index contributed by atoms with van der Waals surface area (Å²) in [5.74, 6) is -24.9. The number of aliphatic carboxylic acids is 4. The molecule has 0 unspecified atom stereocenters. The van der Waals surface area contributed by atoms with Crippen LogP contribution >= 0.6 is 23.5 Å². The van der Waals surface area contributed by atoms with Gasteiger partial charge in [-0.25, -0.2) is 0 Å². The molecule has 33 N–H and O–H groups in total. The van der Waals surface area contributed by atoms with Crippen molar-refractivity contribution in [2.24, 2.45) is 40.7 Å². The number of carboxylic acid groups (broad SMARTS) is 4. The number of benzene rings is 2. The van der Waals surface area contributed by atoms with E-state index in [4.69, 9.17) is 33.5 Å². The lowest BCUT2D eigenvalue weighted by Gasteiger charge is -2.30. The molecule has 0 saturated heterocycles. The highest BCUT2D eigenvalue weighted by molar-refractivity contribution is 7.98. The quantitative estimate of drug-likeness (QED) is 0.0167. The van der Waals surface area contributed by atoms with Crippen LogP contribution in [0.1, 0.15) is 169 Å². The molecule has 17 atom stereocenters. The first-order chi connectivity index (χ1) is 65.7. The molecule has 2 rings (SSSR count). The molecule has 0 spiro atoms. The fourth-order valence-corrected chi connectivity index (χ4v) is 14.5. The molecule has 778 valence electrons. The molecule has 16 amide bonds. The zero-order valence-electron chi connectivity index (χ0n) is 79.7. The number of phenolic OH excluding ortho intramolecular Hbond substituents is 1. The first kappa shape index (κ1) is 122. The van der Waals surface area contributed by atoms with E-state index in [-0.39, 0.29) is 107 Å². The number of nitrogens with two attached hydrogens (primary N) is 4. The van der Waals surface area contributed by atoms with Crippen LogP contribution in [0.5, 0.6) is 5.75 Å². The number of carbonyl (C=O) groups is 20. The molecular formula is C88H142N22O27S2. The van der Waals surface area contributed by atoms with Gasteiger partial charge in [0.05, 0.1) is 25.7 Å². The van der Waals surface area contributed by atoms with E-state index in [0.717, 1.165) is 0 Å². The van der Waals surface area contributed by atoms with Crippen molar-refractivity contribution in [2.45, 2.75) is 267 Å². The van der Waals surface area contributed by atoms with Gasteiger partial charge < -0.3 is 149 Å². The molecule has 139 heavy (non-hydrogen) atoms. The number of aliphatic hydroxyl groups excluding tert-OH is 2. The normalized spacial score (nSPS) is 14.8. The molecule has 51 heteroatoms. The van der Waals surface area contributed by atoms with Crippen LogP contribution < -0.4 is 113 Å². The van der Waals surface area contributed by atoms with Crippen LogP contribution in [0.3, 0.4) is 0 Å². The Labute approximate surface area is 814 Å². The van der Waals surface area contributed by atoms with Gasteiger partial charge in [0.15, 0.2) is 5.96 Å². The van der Waals surface area contributed by atoms with Crippen molar-refractivity contribution in [1.82, 2.24) is 90.4 Å². The molecule has 0 saturated carbocycles. The lowest BCUT2D eigenvalue weighted by atomic mass is 9.95. The van der Waals surface area contributed by atoms with Gasteiger partial charge in [-0.2, -0.15) is 23.5 Å². The number of amides is 16. The number of carbonyl (C=O) groups excluding carboxylic acids is 16. The highest BCUT2D eigenvalue weighted by Crippen LogP contribution is 2.19. The van der Waals surface area contributed by atoms with Gasteiger partial charge >= 0.3 is 23.9 Å². The Morgan fingerprint density at radius 3 is 1.17 bits per heavy atom. The second-order valence-electron chi connectivity index (χ2n) is 33.9. The van der Waals surface area contributed by atoms with Crippen LogP contribution in [-0.4, -0.2) is 320 Å². The van der Waals surface area contributed by atoms with Crippen LogP contribution in [0.25, 0.3) is 0 Å². The van der Waals surface area contributed by atoms with Crippen LogP contribution in [0.4, 0.5) is 0 Å². The minimum Gasteiger partial charge on any atom is -0.508 e. The summed E-state index contributed by atoms with van der Waals surface area (Å²) in [4.78, 5) is 275. The second kappa shape index (κ2) is 66.1. The average Bonchev–Trinajstić information content (AvgIpc) is 0.776. The van der Waals surface area contributed by atoms with Crippen molar-refractivity contribution in [3.8, 4) is 5.75 Å². The summed E-state index contributed by atoms with van der Waals surface area (Å²) in [6, 6.07) is -12.3. The lowest BCUT2D eigenvalue weighted by molar-refractivity contribution is -0.142. The summed E-state index contributed by atoms with van der Waals surface area (Å²) >= 11 is 2.53. The van der Waals surface area contributed by atoms with Gasteiger partial charge in [-0.1, -0.05) is 90.4 Å². The van der Waals surface area contributed by atoms with Crippen LogP contribution in [-0.2, 0) is 109 Å². The molecule has 2 aromatic rings. The van der Waals surface area contributed by atoms with Crippen molar-refractivity contribution in [1.29, 1.82) is 5.41 Å². The van der Waals surface area contributed by atoms with E-state index in [1.807, 2.05) is 0 Å². The number of phenols is 1. The molecular weight excluding hydrogens is 1860 g/mol. The van der Waals surface area contributed by atoms with Gasteiger partial charge in [0.2, 0.25) is 94.5 Å². The molecule has 0 bridgehead atoms. The predicted octanol–water partition coefficient (Wildman–Crippen LogP) is -6.04. The number of guanidine groups is 1. The Hall–Kier alpha value is -12.6. The number of hydrogen-bond acceptors (Lipinski definition) is 29. The average molecular weight is 2000 g/mol. The van der Waals surface area contributed by atoms with Gasteiger partial charge in [0.25, 0.3) is 0 Å². The highest BCUT2D eigenvalue weighted by Gasteiger charge is 2.41. The molecule has 0 fully saturated rings. The maximum atomic E-state index is 15.1. The van der Waals surface area contributed by atoms with E-state index in [2.05, 4.69) is 90.4 Å². The van der Waals surface area contributed by atoms with Crippen molar-refractivity contribution in [3.63, 3.8) is 0 Å². The summed E-state index contributed by atoms with van der Waals surface area (Å²) < 4.78 is 0. The Kier molecular flexibility index (Phi) is 58.2. The number of thioether (sulfide) groups is 2. The standard InChI is InChI=1S/C88H142N22O27S2/c1-10-48(6)71(87(137)106-62(41-51-24-26-52(113)27-25-51)81(131)100-57(29-31-67(116)117)76(126)104-61(40-50-19-12-11-13-20-50)80(130)101-58(32-37-138-8)77(127)98-55(22-15-17-35-90)75(125)97-54(21-14-16-34-89)74(124)95-43-69(120)121)110-83(133)60(39-46(2)3)103-82(132)63(42-68(118)119)105-85(135)65(45-112)108-86(136)70(47(4)5)109-79(129)56(23-18-36-94-88(92)93)99-78(128)59(33-38-139-9)102-84(134)64(44-111)107-72(122)49(7)96-73(123)53(91)28-30-66(114)115/h11-13,19-20,24-27,46-49,53-65,70-71,111-113H,10,14-18,21-23,28-45,89-91H2,1-9H3,(H,95,124)(H,96,123)(H,97,125)(H,98,127)(H,99,128)(H,100,131)(H,101,130)(H,102,134)(H,103,132)(H,104,126)(H,105,135)(H,106,137)(H,107,122)(H,108,136)(H,109,129)(H,110,133)(H,114,115)(H,116,117)(H,118,119)(H,120,121)(H4,92,93,94)/t48-,49-,53-,54-,55-,56-,57-,58-,59-,60-,61-,62-,63-,64-,65-,70-,71-/m0/s1. The Morgan fingerprint density at radius 1 is 0.374 bits per heavy atom. The minimum atomic E-state index is -2.11. The number of rotatable bonds is 70. The summed E-state index contributed by atoms with van der Waals surface area (Å²) in [6.07, 6.45) is 0.292. The van der Waals surface area contributed by atoms with Gasteiger partial charge in [-0.15, -0.1) is 0 Å². The van der Waals surface area contributed by atoms with Crippen LogP contribution in [0, 0.1) is 23.2 Å². The van der Waals surface area contributed by atoms with Crippen LogP contribution in [0.15, 0.2) is 54.6 Å². The second-order valence-corrected chi connectivity index (χ2v) is 35.9. The van der Waals surface area contributed by atoms with Crippen molar-refractivity contribution in [3.05, 3.63) is 65.7 Å². The molecule has 2 aromatic carbocycles.